The van der Waals surface area contributed by atoms with E-state index in [0.29, 0.717) is 0 Å². The van der Waals surface area contributed by atoms with Crippen molar-refractivity contribution in [2.75, 3.05) is 20.1 Å². The van der Waals surface area contributed by atoms with Gasteiger partial charge in [-0.25, -0.2) is 13.2 Å². The zero-order chi connectivity index (χ0) is 36.0. The highest BCUT2D eigenvalue weighted by Gasteiger charge is 2.70. The van der Waals surface area contributed by atoms with Gasteiger partial charge in [-0.2, -0.15) is 17.5 Å². The van der Waals surface area contributed by atoms with E-state index in [1.165, 1.54) is 11.8 Å². The summed E-state index contributed by atoms with van der Waals surface area (Å²) in [6, 6.07) is -5.60. The second-order valence-electron chi connectivity index (χ2n) is 14.8. The number of carbonyl (C=O) groups excluding carboxylic acids is 5. The first kappa shape index (κ1) is 38.2. The summed E-state index contributed by atoms with van der Waals surface area (Å²) in [4.78, 5) is 67.0. The number of carbonyl (C=O) groups is 5. The molecule has 3 rings (SSSR count). The molecule has 1 unspecified atom stereocenters. The van der Waals surface area contributed by atoms with Crippen molar-refractivity contribution in [1.82, 2.24) is 25.2 Å². The number of amides is 5. The lowest BCUT2D eigenvalue weighted by atomic mass is 9.80. The number of alkyl halides is 3. The van der Waals surface area contributed by atoms with Gasteiger partial charge in [0.15, 0.2) is 0 Å². The predicted molar refractivity (Wildman–Crippen MR) is 165 cm³/mol. The summed E-state index contributed by atoms with van der Waals surface area (Å²) in [5.74, 6) is -3.45. The van der Waals surface area contributed by atoms with Gasteiger partial charge in [-0.3, -0.25) is 19.2 Å². The molecule has 5 N–H and O–H groups in total. The Kier molecular flexibility index (Phi) is 10.9. The molecule has 13 nitrogen and oxygen atoms in total. The fraction of sp³-hybridized carbons (Fsp3) is 0.767. The number of Topliss-reactive ketones (excluding diaryl/α,β-unsaturated/α-hetero) is 1. The fourth-order valence-corrected chi connectivity index (χ4v) is 7.24. The highest BCUT2D eigenvalue weighted by atomic mass is 32.2. The zero-order valence-corrected chi connectivity index (χ0v) is 28.7. The van der Waals surface area contributed by atoms with Crippen molar-refractivity contribution in [3.05, 3.63) is 12.2 Å². The summed E-state index contributed by atoms with van der Waals surface area (Å²) < 4.78 is 62.9. The lowest BCUT2D eigenvalue weighted by Crippen LogP contribution is -2.62. The van der Waals surface area contributed by atoms with Crippen LogP contribution in [0.15, 0.2) is 12.2 Å². The van der Waals surface area contributed by atoms with Crippen LogP contribution in [0.1, 0.15) is 67.2 Å². The maximum atomic E-state index is 14.2. The Morgan fingerprint density at radius 1 is 1.04 bits per heavy atom. The number of primary amides is 1. The molecule has 1 aliphatic heterocycles. The number of hydrogen-bond donors (Lipinski definition) is 4. The van der Waals surface area contributed by atoms with Crippen LogP contribution in [-0.4, -0.2) is 97.0 Å². The van der Waals surface area contributed by atoms with Gasteiger partial charge in [0, 0.05) is 20.1 Å². The molecule has 1 saturated heterocycles. The Hall–Kier alpha value is -3.21. The number of nitrogens with two attached hydrogens (primary N) is 1. The number of fused-ring (bicyclic) bond motifs is 1. The normalized spacial score (nSPS) is 24.3. The number of nitrogens with one attached hydrogen (secondary N) is 3. The van der Waals surface area contributed by atoms with Crippen molar-refractivity contribution in [3.8, 4) is 0 Å². The Bertz CT molecular complexity index is 1410. The molecule has 2 saturated carbocycles. The van der Waals surface area contributed by atoms with Gasteiger partial charge < -0.3 is 26.6 Å². The Labute approximate surface area is 273 Å². The van der Waals surface area contributed by atoms with Crippen molar-refractivity contribution in [3.63, 3.8) is 0 Å². The molecule has 5 amide bonds. The largest absolute Gasteiger partial charge is 0.511 e. The monoisotopic (exact) mass is 692 g/mol. The van der Waals surface area contributed by atoms with E-state index in [-0.39, 0.29) is 46.0 Å². The quantitative estimate of drug-likeness (QED) is 0.167. The minimum atomic E-state index is -5.69. The molecule has 0 aromatic rings. The summed E-state index contributed by atoms with van der Waals surface area (Å²) in [5.41, 5.74) is -1.35. The van der Waals surface area contributed by atoms with Crippen LogP contribution in [0.25, 0.3) is 0 Å². The second kappa shape index (κ2) is 13.4. The Morgan fingerprint density at radius 2 is 1.62 bits per heavy atom. The lowest BCUT2D eigenvalue weighted by molar-refractivity contribution is -0.145. The summed E-state index contributed by atoms with van der Waals surface area (Å²) in [6.45, 7) is 13.4. The average Bonchev–Trinajstić information content (AvgIpc) is 3.22. The van der Waals surface area contributed by atoms with Gasteiger partial charge >= 0.3 is 21.6 Å². The van der Waals surface area contributed by atoms with Gasteiger partial charge in [0.05, 0.1) is 12.1 Å². The minimum absolute atomic E-state index is 0.0486. The van der Waals surface area contributed by atoms with Crippen LogP contribution < -0.4 is 21.7 Å². The number of likely N-dealkylation sites (tertiary alicyclic amines) is 1. The van der Waals surface area contributed by atoms with E-state index in [1.54, 1.807) is 20.8 Å². The molecule has 47 heavy (non-hydrogen) atoms. The first-order valence-electron chi connectivity index (χ1n) is 15.5. The number of urea groups is 1. The standard InChI is InChI=1S/C30H47F3N6O7S/c1-15(2)19(14-38(8)47(45,46)30(31,32)33)36-27(44)37-23(28(3,4)5)26(43)39-13-17-20(29(17,6)7)21(39)25(42)35-18(22(40)24(34)41)12-16-10-9-11-16/h16-21,23H,1,9-14H2,2-8H3,(H2,34,41)(H,35,42)(H2,36,37,44)/t17-,18?,19+,20-,21-,23+/m0/s1. The maximum absolute atomic E-state index is 14.2. The topological polar surface area (TPSA) is 188 Å². The molecule has 17 heteroatoms. The third-order valence-corrected chi connectivity index (χ3v) is 11.4. The van der Waals surface area contributed by atoms with Gasteiger partial charge in [0.25, 0.3) is 5.91 Å². The Morgan fingerprint density at radius 3 is 2.06 bits per heavy atom. The van der Waals surface area contributed by atoms with Crippen LogP contribution in [0.4, 0.5) is 18.0 Å². The van der Waals surface area contributed by atoms with E-state index in [9.17, 15) is 45.6 Å². The molecule has 266 valence electrons. The smallest absolute Gasteiger partial charge is 0.363 e. The van der Waals surface area contributed by atoms with E-state index in [2.05, 4.69) is 22.5 Å². The number of hydrogen-bond acceptors (Lipinski definition) is 7. The second-order valence-corrected chi connectivity index (χ2v) is 16.8. The molecule has 1 heterocycles. The average molecular weight is 693 g/mol. The molecule has 0 spiro atoms. The molecule has 2 aliphatic carbocycles. The summed E-state index contributed by atoms with van der Waals surface area (Å²) in [7, 11) is -4.96. The van der Waals surface area contributed by atoms with Crippen LogP contribution in [0.3, 0.4) is 0 Å². The van der Waals surface area contributed by atoms with Crippen molar-refractivity contribution < 1.29 is 45.6 Å². The van der Waals surface area contributed by atoms with E-state index in [0.717, 1.165) is 26.3 Å². The molecule has 6 atom stereocenters. The lowest BCUT2D eigenvalue weighted by Gasteiger charge is -2.38. The van der Waals surface area contributed by atoms with Crippen molar-refractivity contribution >= 4 is 39.6 Å². The van der Waals surface area contributed by atoms with Gasteiger partial charge in [0.2, 0.25) is 17.6 Å². The number of ketones is 1. The van der Waals surface area contributed by atoms with Gasteiger partial charge in [0.1, 0.15) is 12.1 Å². The first-order chi connectivity index (χ1) is 21.3. The maximum Gasteiger partial charge on any atom is 0.511 e. The van der Waals surface area contributed by atoms with Crippen molar-refractivity contribution in [2.24, 2.45) is 34.3 Å². The van der Waals surface area contributed by atoms with Crippen LogP contribution in [0.5, 0.6) is 0 Å². The molecule has 0 bridgehead atoms. The summed E-state index contributed by atoms with van der Waals surface area (Å²) in [6.07, 6.45) is 2.93. The van der Waals surface area contributed by atoms with Crippen LogP contribution in [0.2, 0.25) is 0 Å². The highest BCUT2D eigenvalue weighted by Crippen LogP contribution is 2.65. The number of nitrogens with zero attached hydrogens (tertiary/aromatic N) is 2. The minimum Gasteiger partial charge on any atom is -0.363 e. The van der Waals surface area contributed by atoms with E-state index in [1.807, 2.05) is 13.8 Å². The first-order valence-corrected chi connectivity index (χ1v) is 17.0. The van der Waals surface area contributed by atoms with Crippen molar-refractivity contribution in [2.45, 2.75) is 96.9 Å². The van der Waals surface area contributed by atoms with E-state index in [4.69, 9.17) is 5.73 Å². The fourth-order valence-electron chi connectivity index (χ4n) is 6.54. The molecular formula is C30H47F3N6O7S. The van der Waals surface area contributed by atoms with Crippen LogP contribution in [0, 0.1) is 28.6 Å². The van der Waals surface area contributed by atoms with Crippen molar-refractivity contribution in [1.29, 1.82) is 0 Å². The van der Waals surface area contributed by atoms with Crippen LogP contribution in [-0.2, 0) is 29.2 Å². The molecular weight excluding hydrogens is 645 g/mol. The molecule has 0 aromatic carbocycles. The molecule has 3 aliphatic rings. The van der Waals surface area contributed by atoms with Gasteiger partial charge in [-0.1, -0.05) is 66.0 Å². The zero-order valence-electron chi connectivity index (χ0n) is 27.9. The molecule has 0 aromatic heterocycles. The third kappa shape index (κ3) is 8.09. The van der Waals surface area contributed by atoms with E-state index < -0.39 is 81.2 Å². The highest BCUT2D eigenvalue weighted by molar-refractivity contribution is 7.89. The summed E-state index contributed by atoms with van der Waals surface area (Å²) in [5, 5.41) is 7.66. The molecule has 3 fully saturated rings. The Balaban J connectivity index is 1.81. The number of halogens is 3. The summed E-state index contributed by atoms with van der Waals surface area (Å²) >= 11 is 0. The van der Waals surface area contributed by atoms with Gasteiger partial charge in [-0.05, 0) is 41.9 Å². The SMILES string of the molecule is C=C(C)[C@@H](CN(C)S(=O)(=O)C(F)(F)F)NC(=O)N[C@H](C(=O)N1C[C@H]2[C@@H]([C@H]1C(=O)NC(CC1CCC1)C(=O)C(N)=O)C2(C)C)C(C)(C)C. The van der Waals surface area contributed by atoms with Crippen LogP contribution >= 0.6 is 0 Å². The number of rotatable bonds is 13. The van der Waals surface area contributed by atoms with Gasteiger partial charge in [-0.15, -0.1) is 0 Å². The van der Waals surface area contributed by atoms with E-state index >= 15 is 0 Å². The predicted octanol–water partition coefficient (Wildman–Crippen LogP) is 1.64. The molecule has 0 radical (unpaired) electrons. The number of piperidine rings is 1. The third-order valence-electron chi connectivity index (χ3n) is 9.86. The number of sulfonamides is 1. The number of likely N-dealkylation sites (N-methyl/N-ethyl adjacent to an activating group) is 1.